The van der Waals surface area contributed by atoms with E-state index in [1.165, 1.54) is 0 Å². The summed E-state index contributed by atoms with van der Waals surface area (Å²) in [6, 6.07) is 10.6. The van der Waals surface area contributed by atoms with E-state index in [9.17, 15) is 5.26 Å². The van der Waals surface area contributed by atoms with Gasteiger partial charge in [-0.05, 0) is 37.3 Å². The third-order valence-corrected chi connectivity index (χ3v) is 3.24. The normalized spacial score (nSPS) is 10.6. The summed E-state index contributed by atoms with van der Waals surface area (Å²) >= 11 is 0. The monoisotopic (exact) mass is 295 g/mol. The maximum absolute atomic E-state index is 9.31. The fraction of sp³-hybridized carbons (Fsp3) is 0.125. The highest BCUT2D eigenvalue weighted by Gasteiger charge is 2.17. The summed E-state index contributed by atoms with van der Waals surface area (Å²) in [4.78, 5) is 4.21. The second kappa shape index (κ2) is 5.39. The van der Waals surface area contributed by atoms with Crippen molar-refractivity contribution in [1.82, 2.24) is 4.98 Å². The smallest absolute Gasteiger partial charge is 0.152 e. The van der Waals surface area contributed by atoms with Gasteiger partial charge < -0.3 is 19.7 Å². The number of nitrogen functional groups attached to an aromatic ring is 1. The van der Waals surface area contributed by atoms with Crippen LogP contribution in [0, 0.1) is 18.3 Å². The molecule has 3 aromatic rings. The Morgan fingerprint density at radius 3 is 2.59 bits per heavy atom. The van der Waals surface area contributed by atoms with Gasteiger partial charge in [0.15, 0.2) is 5.76 Å². The molecule has 0 saturated heterocycles. The van der Waals surface area contributed by atoms with Crippen LogP contribution in [0.5, 0.6) is 0 Å². The Bertz CT molecular complexity index is 871. The average Bonchev–Trinajstić information content (AvgIpc) is 3.15. The minimum atomic E-state index is -0.216. The largest absolute Gasteiger partial charge is 0.460 e. The summed E-state index contributed by atoms with van der Waals surface area (Å²) in [5.74, 6) is 2.26. The first kappa shape index (κ1) is 13.9. The van der Waals surface area contributed by atoms with Gasteiger partial charge in [0.1, 0.15) is 47.0 Å². The van der Waals surface area contributed by atoms with Crippen LogP contribution in [0.1, 0.15) is 17.1 Å². The van der Waals surface area contributed by atoms with Crippen LogP contribution in [0.3, 0.4) is 0 Å². The number of nitriles is 1. The van der Waals surface area contributed by atoms with Crippen LogP contribution in [0.2, 0.25) is 0 Å². The number of aryl methyl sites for hydroxylation is 1. The number of pyridine rings is 1. The van der Waals surface area contributed by atoms with E-state index in [1.54, 1.807) is 24.3 Å². The third-order valence-electron chi connectivity index (χ3n) is 3.24. The van der Waals surface area contributed by atoms with Gasteiger partial charge >= 0.3 is 0 Å². The Kier molecular flexibility index (Phi) is 3.41. The molecule has 3 aromatic heterocycles. The molecule has 0 radical (unpaired) electrons. The molecule has 0 saturated carbocycles. The first-order valence-corrected chi connectivity index (χ1v) is 6.59. The predicted molar refractivity (Wildman–Crippen MR) is 79.4 cm³/mol. The van der Waals surface area contributed by atoms with E-state index in [0.717, 1.165) is 5.76 Å². The number of hydrogen-bond acceptors (Lipinski definition) is 6. The number of anilines is 1. The van der Waals surface area contributed by atoms with E-state index in [2.05, 4.69) is 4.98 Å². The van der Waals surface area contributed by atoms with Crippen molar-refractivity contribution in [3.05, 3.63) is 47.4 Å². The molecule has 0 unspecified atom stereocenters. The molecule has 22 heavy (non-hydrogen) atoms. The number of rotatable bonds is 3. The van der Waals surface area contributed by atoms with E-state index in [1.807, 2.05) is 19.1 Å². The van der Waals surface area contributed by atoms with E-state index < -0.39 is 0 Å². The van der Waals surface area contributed by atoms with Crippen molar-refractivity contribution in [2.24, 2.45) is 0 Å². The van der Waals surface area contributed by atoms with Crippen LogP contribution >= 0.6 is 0 Å². The Morgan fingerprint density at radius 1 is 1.23 bits per heavy atom. The molecule has 6 heteroatoms. The predicted octanol–water partition coefficient (Wildman–Crippen LogP) is 2.86. The van der Waals surface area contributed by atoms with E-state index in [0.29, 0.717) is 28.5 Å². The zero-order valence-corrected chi connectivity index (χ0v) is 11.8. The van der Waals surface area contributed by atoms with E-state index in [4.69, 9.17) is 19.7 Å². The van der Waals surface area contributed by atoms with Gasteiger partial charge in [-0.1, -0.05) is 0 Å². The van der Waals surface area contributed by atoms with Crippen LogP contribution in [-0.2, 0) is 6.61 Å². The van der Waals surface area contributed by atoms with Gasteiger partial charge in [-0.2, -0.15) is 5.26 Å². The van der Waals surface area contributed by atoms with Crippen LogP contribution < -0.4 is 5.73 Å². The number of hydrogen-bond donors (Lipinski definition) is 2. The lowest BCUT2D eigenvalue weighted by atomic mass is 10.1. The lowest BCUT2D eigenvalue weighted by molar-refractivity contribution is 0.248. The molecule has 0 bridgehead atoms. The quantitative estimate of drug-likeness (QED) is 0.769. The molecule has 0 aromatic carbocycles. The van der Waals surface area contributed by atoms with Crippen molar-refractivity contribution in [3.63, 3.8) is 0 Å². The Hall–Kier alpha value is -3.04. The molecule has 6 nitrogen and oxygen atoms in total. The maximum Gasteiger partial charge on any atom is 0.152 e. The Morgan fingerprint density at radius 2 is 2.00 bits per heavy atom. The molecular formula is C16H13N3O3. The van der Waals surface area contributed by atoms with Crippen LogP contribution in [0.15, 0.2) is 39.2 Å². The maximum atomic E-state index is 9.31. The van der Waals surface area contributed by atoms with Crippen molar-refractivity contribution in [2.45, 2.75) is 13.5 Å². The van der Waals surface area contributed by atoms with E-state index >= 15 is 0 Å². The molecule has 3 N–H and O–H groups in total. The molecule has 0 fully saturated rings. The van der Waals surface area contributed by atoms with Crippen LogP contribution in [0.25, 0.3) is 22.8 Å². The zero-order valence-electron chi connectivity index (χ0n) is 11.8. The highest BCUT2D eigenvalue weighted by molar-refractivity contribution is 5.76. The molecular weight excluding hydrogens is 282 g/mol. The summed E-state index contributed by atoms with van der Waals surface area (Å²) in [6.07, 6.45) is 0. The van der Waals surface area contributed by atoms with Gasteiger partial charge in [-0.3, -0.25) is 0 Å². The molecule has 0 aliphatic heterocycles. The zero-order chi connectivity index (χ0) is 15.7. The van der Waals surface area contributed by atoms with Gasteiger partial charge in [0, 0.05) is 5.56 Å². The fourth-order valence-corrected chi connectivity index (χ4v) is 2.18. The number of aliphatic hydroxyl groups is 1. The molecule has 3 rings (SSSR count). The van der Waals surface area contributed by atoms with Crippen molar-refractivity contribution in [2.75, 3.05) is 5.73 Å². The van der Waals surface area contributed by atoms with Gasteiger partial charge in [0.25, 0.3) is 0 Å². The number of aromatic nitrogens is 1. The van der Waals surface area contributed by atoms with Gasteiger partial charge in [0.05, 0.1) is 0 Å². The number of nitrogens with zero attached hydrogens (tertiary/aromatic N) is 2. The SMILES string of the molecule is Cc1ccc(-c2cc(-c3ccc(CO)o3)c(C#N)c(N)n2)o1. The fourth-order valence-electron chi connectivity index (χ4n) is 2.18. The second-order valence-electron chi connectivity index (χ2n) is 4.76. The minimum Gasteiger partial charge on any atom is -0.460 e. The van der Waals surface area contributed by atoms with Crippen molar-refractivity contribution in [3.8, 4) is 28.8 Å². The summed E-state index contributed by atoms with van der Waals surface area (Å²) in [5, 5.41) is 18.4. The van der Waals surface area contributed by atoms with Gasteiger partial charge in [-0.15, -0.1) is 0 Å². The highest BCUT2D eigenvalue weighted by Crippen LogP contribution is 2.32. The summed E-state index contributed by atoms with van der Waals surface area (Å²) < 4.78 is 11.0. The molecule has 0 aliphatic rings. The van der Waals surface area contributed by atoms with Crippen LogP contribution in [0.4, 0.5) is 5.82 Å². The van der Waals surface area contributed by atoms with Gasteiger partial charge in [0.2, 0.25) is 0 Å². The van der Waals surface area contributed by atoms with Crippen molar-refractivity contribution < 1.29 is 13.9 Å². The van der Waals surface area contributed by atoms with Crippen LogP contribution in [-0.4, -0.2) is 10.1 Å². The lowest BCUT2D eigenvalue weighted by Gasteiger charge is -2.06. The topological polar surface area (TPSA) is 109 Å². The molecule has 0 atom stereocenters. The van der Waals surface area contributed by atoms with Crippen molar-refractivity contribution >= 4 is 5.82 Å². The third kappa shape index (κ3) is 2.34. The van der Waals surface area contributed by atoms with Crippen molar-refractivity contribution in [1.29, 1.82) is 5.26 Å². The number of aliphatic hydroxyl groups excluding tert-OH is 1. The number of nitrogens with two attached hydrogens (primary N) is 1. The summed E-state index contributed by atoms with van der Waals surface area (Å²) in [5.41, 5.74) is 7.14. The first-order valence-electron chi connectivity index (χ1n) is 6.59. The molecule has 0 spiro atoms. The summed E-state index contributed by atoms with van der Waals surface area (Å²) in [7, 11) is 0. The average molecular weight is 295 g/mol. The molecule has 0 aliphatic carbocycles. The minimum absolute atomic E-state index is 0.103. The number of furan rings is 2. The molecule has 110 valence electrons. The molecule has 3 heterocycles. The Labute approximate surface area is 126 Å². The molecule has 0 amide bonds. The van der Waals surface area contributed by atoms with Gasteiger partial charge in [-0.25, -0.2) is 4.98 Å². The summed E-state index contributed by atoms with van der Waals surface area (Å²) in [6.45, 7) is 1.62. The second-order valence-corrected chi connectivity index (χ2v) is 4.76. The van der Waals surface area contributed by atoms with E-state index in [-0.39, 0.29) is 18.0 Å². The highest BCUT2D eigenvalue weighted by atomic mass is 16.4. The standard InChI is InChI=1S/C16H13N3O3/c1-9-2-4-15(21-9)13-6-11(12(7-17)16(18)19-13)14-5-3-10(8-20)22-14/h2-6,20H,8H2,1H3,(H2,18,19). The first-order chi connectivity index (χ1) is 10.6. The Balaban J connectivity index is 2.19. The lowest BCUT2D eigenvalue weighted by Crippen LogP contribution is -1.99.